The van der Waals surface area contributed by atoms with Crippen molar-refractivity contribution < 1.29 is 5.11 Å². The van der Waals surface area contributed by atoms with E-state index in [1.54, 1.807) is 0 Å². The van der Waals surface area contributed by atoms with Gasteiger partial charge in [0, 0.05) is 17.0 Å². The van der Waals surface area contributed by atoms with Gasteiger partial charge in [0.1, 0.15) is 5.75 Å². The zero-order valence-corrected chi connectivity index (χ0v) is 10.2. The van der Waals surface area contributed by atoms with Gasteiger partial charge in [-0.15, -0.1) is 0 Å². The summed E-state index contributed by atoms with van der Waals surface area (Å²) in [7, 11) is 0. The van der Waals surface area contributed by atoms with Gasteiger partial charge in [-0.05, 0) is 16.8 Å². The summed E-state index contributed by atoms with van der Waals surface area (Å²) in [6, 6.07) is 17.8. The van der Waals surface area contributed by atoms with Crippen LogP contribution in [0.1, 0.15) is 0 Å². The van der Waals surface area contributed by atoms with Gasteiger partial charge in [0.05, 0.1) is 10.9 Å². The topological polar surface area (TPSA) is 33.1 Å². The Bertz CT molecular complexity index is 928. The van der Waals surface area contributed by atoms with Crippen LogP contribution in [-0.4, -0.2) is 10.1 Å². The Morgan fingerprint density at radius 3 is 2.32 bits per heavy atom. The average Bonchev–Trinajstić information content (AvgIpc) is 2.46. The molecule has 0 bridgehead atoms. The van der Waals surface area contributed by atoms with Gasteiger partial charge in [-0.2, -0.15) is 0 Å². The average molecular weight is 245 g/mol. The number of pyridine rings is 1. The van der Waals surface area contributed by atoms with Crippen molar-refractivity contribution in [3.63, 3.8) is 0 Å². The van der Waals surface area contributed by atoms with Crippen LogP contribution in [0, 0.1) is 0 Å². The predicted octanol–water partition coefficient (Wildman–Crippen LogP) is 4.25. The minimum absolute atomic E-state index is 0.290. The predicted molar refractivity (Wildman–Crippen MR) is 78.4 cm³/mol. The Hall–Kier alpha value is -2.61. The fourth-order valence-corrected chi connectivity index (χ4v) is 2.68. The molecule has 0 unspecified atom stereocenters. The second kappa shape index (κ2) is 3.69. The van der Waals surface area contributed by atoms with Gasteiger partial charge >= 0.3 is 0 Å². The van der Waals surface area contributed by atoms with Crippen molar-refractivity contribution in [2.45, 2.75) is 0 Å². The zero-order chi connectivity index (χ0) is 12.8. The molecule has 0 amide bonds. The van der Waals surface area contributed by atoms with Gasteiger partial charge in [0.25, 0.3) is 0 Å². The van der Waals surface area contributed by atoms with E-state index in [-0.39, 0.29) is 5.75 Å². The molecule has 19 heavy (non-hydrogen) atoms. The van der Waals surface area contributed by atoms with Crippen LogP contribution in [0.25, 0.3) is 32.4 Å². The summed E-state index contributed by atoms with van der Waals surface area (Å²) in [6.45, 7) is 0. The minimum Gasteiger partial charge on any atom is -0.507 e. The number of hydrogen-bond donors (Lipinski definition) is 1. The van der Waals surface area contributed by atoms with Crippen LogP contribution in [0.5, 0.6) is 5.75 Å². The first-order valence-corrected chi connectivity index (χ1v) is 6.23. The molecule has 1 N–H and O–H groups in total. The maximum Gasteiger partial charge on any atom is 0.126 e. The third-order valence-corrected chi connectivity index (χ3v) is 3.56. The molecule has 2 heteroatoms. The van der Waals surface area contributed by atoms with E-state index in [0.717, 1.165) is 32.4 Å². The molecule has 0 radical (unpaired) electrons. The van der Waals surface area contributed by atoms with Crippen LogP contribution in [0.2, 0.25) is 0 Å². The first-order valence-electron chi connectivity index (χ1n) is 6.23. The lowest BCUT2D eigenvalue weighted by Crippen LogP contribution is -1.85. The van der Waals surface area contributed by atoms with E-state index in [9.17, 15) is 5.11 Å². The third-order valence-electron chi connectivity index (χ3n) is 3.56. The van der Waals surface area contributed by atoms with Gasteiger partial charge in [-0.25, -0.2) is 0 Å². The Morgan fingerprint density at radius 2 is 1.47 bits per heavy atom. The standard InChI is InChI=1S/C17H11NO/c19-15-9-11-5-1-4-8-14(11)17-16(15)13-7-3-2-6-12(13)10-18-17/h1-10,19H. The maximum absolute atomic E-state index is 10.3. The fraction of sp³-hybridized carbons (Fsp3) is 0. The number of rotatable bonds is 0. The number of aromatic hydroxyl groups is 1. The molecule has 0 atom stereocenters. The highest BCUT2D eigenvalue weighted by molar-refractivity contribution is 6.17. The molecule has 3 aromatic carbocycles. The summed E-state index contributed by atoms with van der Waals surface area (Å²) >= 11 is 0. The summed E-state index contributed by atoms with van der Waals surface area (Å²) in [4.78, 5) is 4.54. The molecule has 0 fully saturated rings. The van der Waals surface area contributed by atoms with Crippen LogP contribution in [0.4, 0.5) is 0 Å². The van der Waals surface area contributed by atoms with E-state index < -0.39 is 0 Å². The number of fused-ring (bicyclic) bond motifs is 5. The summed E-state index contributed by atoms with van der Waals surface area (Å²) < 4.78 is 0. The lowest BCUT2D eigenvalue weighted by Gasteiger charge is -2.08. The van der Waals surface area contributed by atoms with Crippen LogP contribution in [0.15, 0.2) is 60.8 Å². The van der Waals surface area contributed by atoms with Gasteiger partial charge < -0.3 is 5.11 Å². The van der Waals surface area contributed by atoms with Crippen molar-refractivity contribution >= 4 is 32.4 Å². The molecule has 0 spiro atoms. The Balaban J connectivity index is 2.35. The minimum atomic E-state index is 0.290. The molecular weight excluding hydrogens is 234 g/mol. The Labute approximate surface area is 109 Å². The van der Waals surface area contributed by atoms with E-state index in [2.05, 4.69) is 4.98 Å². The summed E-state index contributed by atoms with van der Waals surface area (Å²) in [6.07, 6.45) is 1.86. The second-order valence-corrected chi connectivity index (χ2v) is 4.69. The number of aromatic nitrogens is 1. The second-order valence-electron chi connectivity index (χ2n) is 4.69. The van der Waals surface area contributed by atoms with Crippen molar-refractivity contribution in [3.8, 4) is 5.75 Å². The van der Waals surface area contributed by atoms with Crippen LogP contribution in [0.3, 0.4) is 0 Å². The Morgan fingerprint density at radius 1 is 0.789 bits per heavy atom. The van der Waals surface area contributed by atoms with Crippen molar-refractivity contribution in [3.05, 3.63) is 60.8 Å². The van der Waals surface area contributed by atoms with Crippen LogP contribution in [-0.2, 0) is 0 Å². The molecule has 0 aliphatic rings. The largest absolute Gasteiger partial charge is 0.507 e. The van der Waals surface area contributed by atoms with Crippen LogP contribution >= 0.6 is 0 Å². The van der Waals surface area contributed by atoms with E-state index >= 15 is 0 Å². The molecule has 0 aliphatic heterocycles. The number of nitrogens with zero attached hydrogens (tertiary/aromatic N) is 1. The lowest BCUT2D eigenvalue weighted by molar-refractivity contribution is 0.482. The van der Waals surface area contributed by atoms with E-state index in [1.165, 1.54) is 0 Å². The van der Waals surface area contributed by atoms with Gasteiger partial charge in [-0.1, -0.05) is 48.5 Å². The number of phenolic OH excluding ortho intramolecular Hbond substituents is 1. The smallest absolute Gasteiger partial charge is 0.126 e. The van der Waals surface area contributed by atoms with Crippen molar-refractivity contribution in [1.82, 2.24) is 4.98 Å². The summed E-state index contributed by atoms with van der Waals surface area (Å²) in [5.74, 6) is 0.290. The van der Waals surface area contributed by atoms with Gasteiger partial charge in [0.15, 0.2) is 0 Å². The van der Waals surface area contributed by atoms with E-state index in [0.29, 0.717) is 0 Å². The van der Waals surface area contributed by atoms with Gasteiger partial charge in [-0.3, -0.25) is 4.98 Å². The number of phenols is 1. The quantitative estimate of drug-likeness (QED) is 0.470. The lowest BCUT2D eigenvalue weighted by atomic mass is 10.0. The molecule has 2 nitrogen and oxygen atoms in total. The third kappa shape index (κ3) is 1.40. The monoisotopic (exact) mass is 245 g/mol. The molecule has 1 heterocycles. The van der Waals surface area contributed by atoms with E-state index in [1.807, 2.05) is 60.8 Å². The highest BCUT2D eigenvalue weighted by Crippen LogP contribution is 2.35. The van der Waals surface area contributed by atoms with Crippen molar-refractivity contribution in [2.75, 3.05) is 0 Å². The van der Waals surface area contributed by atoms with Gasteiger partial charge in [0.2, 0.25) is 0 Å². The normalized spacial score (nSPS) is 11.4. The zero-order valence-electron chi connectivity index (χ0n) is 10.2. The van der Waals surface area contributed by atoms with Crippen molar-refractivity contribution in [1.29, 1.82) is 0 Å². The molecular formula is C17H11NO. The number of hydrogen-bond acceptors (Lipinski definition) is 2. The SMILES string of the molecule is Oc1cc2ccccc2c2ncc3ccccc3c12. The number of benzene rings is 3. The fourth-order valence-electron chi connectivity index (χ4n) is 2.68. The van der Waals surface area contributed by atoms with Crippen molar-refractivity contribution in [2.24, 2.45) is 0 Å². The first-order chi connectivity index (χ1) is 9.34. The molecule has 1 aromatic heterocycles. The highest BCUT2D eigenvalue weighted by atomic mass is 16.3. The summed E-state index contributed by atoms with van der Waals surface area (Å²) in [5, 5.41) is 15.3. The first kappa shape index (κ1) is 10.3. The molecule has 4 aromatic rings. The maximum atomic E-state index is 10.3. The molecule has 4 rings (SSSR count). The summed E-state index contributed by atoms with van der Waals surface area (Å²) in [5.41, 5.74) is 0.856. The van der Waals surface area contributed by atoms with E-state index in [4.69, 9.17) is 0 Å². The molecule has 0 saturated carbocycles. The highest BCUT2D eigenvalue weighted by Gasteiger charge is 2.09. The molecule has 0 aliphatic carbocycles. The molecule has 90 valence electrons. The molecule has 0 saturated heterocycles. The van der Waals surface area contributed by atoms with Crippen LogP contribution < -0.4 is 0 Å². The Kier molecular flexibility index (Phi) is 2.00.